The Morgan fingerprint density at radius 1 is 0.432 bits per heavy atom. The van der Waals surface area contributed by atoms with Crippen molar-refractivity contribution < 1.29 is 54.9 Å². The van der Waals surface area contributed by atoms with E-state index in [2.05, 4.69) is 153 Å². The highest BCUT2D eigenvalue weighted by molar-refractivity contribution is 9.10. The lowest BCUT2D eigenvalue weighted by Crippen LogP contribution is -2.57. The van der Waals surface area contributed by atoms with Gasteiger partial charge < -0.3 is 72.8 Å². The van der Waals surface area contributed by atoms with E-state index in [0.717, 1.165) is 166 Å². The average molecular weight is 1880 g/mol. The van der Waals surface area contributed by atoms with E-state index in [1.807, 2.05) is 4.90 Å². The first-order chi connectivity index (χ1) is 63.7. The fourth-order valence-electron chi connectivity index (χ4n) is 22.8. The molecule has 15 heterocycles. The summed E-state index contributed by atoms with van der Waals surface area (Å²) in [7, 11) is 0. The van der Waals surface area contributed by atoms with E-state index < -0.39 is 65.1 Å². The molecule has 34 heteroatoms. The van der Waals surface area contributed by atoms with Crippen molar-refractivity contribution in [3.63, 3.8) is 0 Å². The smallest absolute Gasteiger partial charge is 0.418 e. The van der Waals surface area contributed by atoms with Crippen molar-refractivity contribution in [1.29, 1.82) is 0 Å². The van der Waals surface area contributed by atoms with Gasteiger partial charge in [-0.25, -0.2) is 32.9 Å². The van der Waals surface area contributed by atoms with Crippen molar-refractivity contribution in [1.82, 2.24) is 59.3 Å². The van der Waals surface area contributed by atoms with E-state index >= 15 is 0 Å². The first-order valence-electron chi connectivity index (χ1n) is 46.4. The second-order valence-electron chi connectivity index (χ2n) is 37.2. The van der Waals surface area contributed by atoms with E-state index in [1.54, 1.807) is 11.0 Å². The molecule has 19 rings (SSSR count). The molecule has 7 aromatic rings. The summed E-state index contributed by atoms with van der Waals surface area (Å²) in [6.45, 7) is 52.3. The minimum absolute atomic E-state index is 0.0220. The molecule has 9 fully saturated rings. The SMILES string of the molecule is [C-]#[N+]C[C@H]1CN(c2nc(OCC34CCCN3CCC4)nc3c2CCN(c2cccc(C)c2C(F)(F)F)C3)CCN1C(=O)C(=C)F.[C-]#[N+]C[C@H]1CN(c2nc(OCC34CCCN3CCC4)nc3c2CCN(c2cccc(C)c2C)C3)CCN1C(=O)C(=C)F.[C-]#[N+]C[C@H]1CN(c2nc(OCC34CCCN3CCC4)nc3c2CCN(c2cccc4cccc(Br)c24)C3)CCN1C(=O)C(=C)F. The van der Waals surface area contributed by atoms with E-state index in [0.29, 0.717) is 109 Å². The third-order valence-corrected chi connectivity index (χ3v) is 30.3. The summed E-state index contributed by atoms with van der Waals surface area (Å²) in [4.78, 5) is 102. The standard InChI is InChI=1S/C34H37BrFN7O2.C32H37F4N7O2.C32H40FN7O2/c1-23(36)32(44)43-18-17-41(20-25(43)19-37-2)31-26-11-16-40(29-10-4-8-24-7-3-9-27(35)30(24)29)21-28(26)38-33(39-31)45-22-34-12-5-14-42(34)15-6-13-34;1-21-7-4-8-26(27(21)32(34,35)36)40-14-9-24-25(19-40)38-30(45-20-31-10-5-12-42(31)13-6-11-31)39-28(24)41-15-16-43(29(44)22(2)33)23(18-41)17-37-3;1-22-8-5-9-28(23(22)2)37-15-10-26-27(20-37)35-31(42-21-32-11-6-13-39(32)14-7-12-32)36-29(26)38-16-17-40(30(41)24(3)33)25(19-38)18-34-4/h3-4,7-10,25H,1,5-6,11-22H2;4,7-8,23H,2,5-6,9-20H2,1H3;5,8-9,25H,3,6-7,10-21H2,1-2H3/t25-;23-;25-/m000/s1. The number of ether oxygens (including phenoxy) is 3. The Balaban J connectivity index is 0.000000138. The predicted octanol–water partition coefficient (Wildman–Crippen LogP) is 14.3. The van der Waals surface area contributed by atoms with Gasteiger partial charge in [-0.05, 0) is 203 Å². The molecule has 9 saturated heterocycles. The maximum atomic E-state index is 14.2. The minimum Gasteiger partial charge on any atom is -0.461 e. The van der Waals surface area contributed by atoms with Gasteiger partial charge in [0.05, 0.1) is 58.9 Å². The van der Waals surface area contributed by atoms with Gasteiger partial charge in [0.25, 0.3) is 17.7 Å². The first kappa shape index (κ1) is 92.5. The van der Waals surface area contributed by atoms with Gasteiger partial charge >= 0.3 is 24.2 Å². The monoisotopic (exact) mass is 1870 g/mol. The number of carbonyl (C=O) groups is 3. The van der Waals surface area contributed by atoms with Gasteiger partial charge in [0.15, 0.2) is 17.5 Å². The van der Waals surface area contributed by atoms with Gasteiger partial charge in [0.2, 0.25) is 19.6 Å². The van der Waals surface area contributed by atoms with Crippen LogP contribution in [0.15, 0.2) is 114 Å². The normalized spacial score (nSPS) is 21.3. The Morgan fingerprint density at radius 3 is 1.11 bits per heavy atom. The summed E-state index contributed by atoms with van der Waals surface area (Å²) >= 11 is 3.78. The molecule has 3 atom stereocenters. The molecule has 3 aromatic heterocycles. The van der Waals surface area contributed by atoms with Gasteiger partial charge in [0.1, 0.15) is 55.4 Å². The van der Waals surface area contributed by atoms with E-state index in [9.17, 15) is 40.7 Å². The number of amides is 3. The second kappa shape index (κ2) is 39.0. The number of rotatable bonds is 21. The van der Waals surface area contributed by atoms with Crippen LogP contribution in [0.1, 0.15) is 133 Å². The third kappa shape index (κ3) is 18.8. The quantitative estimate of drug-likeness (QED) is 0.0372. The molecule has 12 aliphatic heterocycles. The van der Waals surface area contributed by atoms with Gasteiger partial charge in [-0.1, -0.05) is 84.2 Å². The van der Waals surface area contributed by atoms with Crippen LogP contribution >= 0.6 is 15.9 Å². The fraction of sp³-hybridized carbons (Fsp3) is 0.531. The van der Waals surface area contributed by atoms with Crippen LogP contribution in [0, 0.1) is 40.5 Å². The van der Waals surface area contributed by atoms with Crippen LogP contribution in [0.5, 0.6) is 18.0 Å². The largest absolute Gasteiger partial charge is 0.461 e. The van der Waals surface area contributed by atoms with Crippen molar-refractivity contribution in [3.8, 4) is 18.0 Å². The number of aryl methyl sites for hydroxylation is 2. The molecule has 27 nitrogen and oxygen atoms in total. The number of hydrogen-bond acceptors (Lipinski definition) is 21. The van der Waals surface area contributed by atoms with Gasteiger partial charge in [-0.2, -0.15) is 43.1 Å². The summed E-state index contributed by atoms with van der Waals surface area (Å²) in [5, 5.41) is 2.35. The molecular formula is C98H114BrF6N21O6. The van der Waals surface area contributed by atoms with Gasteiger partial charge in [-0.3, -0.25) is 29.1 Å². The van der Waals surface area contributed by atoms with Crippen molar-refractivity contribution in [2.75, 3.05) is 187 Å². The summed E-state index contributed by atoms with van der Waals surface area (Å²) in [5.74, 6) is -3.19. The molecule has 12 aliphatic rings. The fourth-order valence-corrected chi connectivity index (χ4v) is 23.4. The molecule has 0 N–H and O–H groups in total. The highest BCUT2D eigenvalue weighted by Crippen LogP contribution is 2.47. The molecule has 3 amide bonds. The number of carbonyl (C=O) groups excluding carboxylic acids is 3. The number of nitrogens with zero attached hydrogens (tertiary/aromatic N) is 21. The lowest BCUT2D eigenvalue weighted by molar-refractivity contribution is -0.137. The number of piperazine rings is 3. The molecule has 0 spiro atoms. The lowest BCUT2D eigenvalue weighted by Gasteiger charge is -2.41. The van der Waals surface area contributed by atoms with E-state index in [1.165, 1.54) is 87.0 Å². The number of benzene rings is 4. The molecule has 0 bridgehead atoms. The number of alkyl halides is 3. The first-order valence-corrected chi connectivity index (χ1v) is 47.1. The van der Waals surface area contributed by atoms with E-state index in [-0.39, 0.29) is 79.7 Å². The number of hydrogen-bond donors (Lipinski definition) is 0. The molecular weight excluding hydrogens is 1760 g/mol. The maximum absolute atomic E-state index is 14.2. The summed E-state index contributed by atoms with van der Waals surface area (Å²) < 4.78 is 104. The highest BCUT2D eigenvalue weighted by Gasteiger charge is 2.50. The Hall–Kier alpha value is -11.4. The molecule has 0 radical (unpaired) electrons. The predicted molar refractivity (Wildman–Crippen MR) is 497 cm³/mol. The average Bonchev–Trinajstić information content (AvgIpc) is 1.24. The van der Waals surface area contributed by atoms with Crippen LogP contribution in [0.25, 0.3) is 25.3 Å². The summed E-state index contributed by atoms with van der Waals surface area (Å²) in [6, 6.07) is 23.1. The van der Waals surface area contributed by atoms with Crippen LogP contribution in [-0.4, -0.2) is 269 Å². The number of aromatic nitrogens is 6. The molecule has 0 aliphatic carbocycles. The number of fused-ring (bicyclic) bond motifs is 7. The molecule has 0 saturated carbocycles. The zero-order chi connectivity index (χ0) is 92.5. The maximum Gasteiger partial charge on any atom is 0.418 e. The van der Waals surface area contributed by atoms with Crippen LogP contribution in [-0.2, 0) is 59.5 Å². The third-order valence-electron chi connectivity index (χ3n) is 29.6. The Bertz CT molecular complexity index is 5690. The lowest BCUT2D eigenvalue weighted by atomic mass is 9.95. The number of anilines is 6. The molecule has 0 unspecified atom stereocenters. The zero-order valence-electron chi connectivity index (χ0n) is 75.5. The van der Waals surface area contributed by atoms with Crippen LogP contribution < -0.4 is 43.6 Å². The summed E-state index contributed by atoms with van der Waals surface area (Å²) in [5.41, 5.74) is 9.99. The Kier molecular flexibility index (Phi) is 27.4. The van der Waals surface area contributed by atoms with Crippen molar-refractivity contribution >= 4 is 78.9 Å². The Morgan fingerprint density at radius 2 is 0.758 bits per heavy atom. The van der Waals surface area contributed by atoms with Gasteiger partial charge in [-0.15, -0.1) is 0 Å². The molecule has 4 aromatic carbocycles. The molecule has 696 valence electrons. The van der Waals surface area contributed by atoms with Crippen LogP contribution in [0.3, 0.4) is 0 Å². The minimum atomic E-state index is -4.51. The van der Waals surface area contributed by atoms with Crippen LogP contribution in [0.2, 0.25) is 0 Å². The van der Waals surface area contributed by atoms with Crippen molar-refractivity contribution in [2.24, 2.45) is 0 Å². The van der Waals surface area contributed by atoms with Crippen LogP contribution in [0.4, 0.5) is 60.9 Å². The number of halogens is 7. The topological polar surface area (TPSA) is 208 Å². The van der Waals surface area contributed by atoms with Crippen molar-refractivity contribution in [2.45, 2.75) is 178 Å². The molecule has 132 heavy (non-hydrogen) atoms. The van der Waals surface area contributed by atoms with Gasteiger partial charge in [0, 0.05) is 122 Å². The zero-order valence-corrected chi connectivity index (χ0v) is 77.1. The highest BCUT2D eigenvalue weighted by atomic mass is 79.9. The van der Waals surface area contributed by atoms with Crippen molar-refractivity contribution in [3.05, 3.63) is 205 Å². The summed E-state index contributed by atoms with van der Waals surface area (Å²) in [6.07, 6.45) is 10.9. The Labute approximate surface area is 776 Å². The second-order valence-corrected chi connectivity index (χ2v) is 38.1. The van der Waals surface area contributed by atoms with E-state index in [4.69, 9.17) is 63.8 Å².